The van der Waals surface area contributed by atoms with E-state index in [1.807, 2.05) is 18.2 Å². The van der Waals surface area contributed by atoms with Gasteiger partial charge in [-0.05, 0) is 17.3 Å². The SMILES string of the molecule is Clc1nnnc(Oc2ccccc2)c1Cl. The molecule has 0 atom stereocenters. The van der Waals surface area contributed by atoms with Crippen LogP contribution in [0.1, 0.15) is 0 Å². The van der Waals surface area contributed by atoms with Crippen LogP contribution in [0.5, 0.6) is 11.6 Å². The minimum Gasteiger partial charge on any atom is -0.436 e. The lowest BCUT2D eigenvalue weighted by Crippen LogP contribution is -1.94. The molecule has 15 heavy (non-hydrogen) atoms. The molecule has 0 saturated carbocycles. The number of ether oxygens (including phenoxy) is 1. The van der Waals surface area contributed by atoms with E-state index >= 15 is 0 Å². The predicted molar refractivity (Wildman–Crippen MR) is 56.4 cm³/mol. The molecule has 1 aromatic heterocycles. The van der Waals surface area contributed by atoms with Gasteiger partial charge in [0.1, 0.15) is 10.8 Å². The Labute approximate surface area is 95.8 Å². The lowest BCUT2D eigenvalue weighted by atomic mass is 10.3. The summed E-state index contributed by atoms with van der Waals surface area (Å²) in [5, 5.41) is 10.7. The quantitative estimate of drug-likeness (QED) is 0.812. The van der Waals surface area contributed by atoms with Crippen LogP contribution in [0.15, 0.2) is 30.3 Å². The van der Waals surface area contributed by atoms with Crippen molar-refractivity contribution >= 4 is 23.2 Å². The van der Waals surface area contributed by atoms with Crippen molar-refractivity contribution in [1.29, 1.82) is 0 Å². The van der Waals surface area contributed by atoms with Gasteiger partial charge in [-0.3, -0.25) is 0 Å². The fourth-order valence-corrected chi connectivity index (χ4v) is 1.17. The highest BCUT2D eigenvalue weighted by molar-refractivity contribution is 6.41. The van der Waals surface area contributed by atoms with E-state index in [9.17, 15) is 0 Å². The maximum atomic E-state index is 5.82. The molecule has 0 bridgehead atoms. The van der Waals surface area contributed by atoms with Gasteiger partial charge < -0.3 is 4.74 Å². The summed E-state index contributed by atoms with van der Waals surface area (Å²) in [4.78, 5) is 0. The van der Waals surface area contributed by atoms with Crippen LogP contribution in [0.3, 0.4) is 0 Å². The van der Waals surface area contributed by atoms with Gasteiger partial charge in [0.05, 0.1) is 0 Å². The summed E-state index contributed by atoms with van der Waals surface area (Å²) in [7, 11) is 0. The summed E-state index contributed by atoms with van der Waals surface area (Å²) in [5.74, 6) is 0.749. The number of rotatable bonds is 2. The fourth-order valence-electron chi connectivity index (χ4n) is 0.944. The first-order valence-corrected chi connectivity index (χ1v) is 4.80. The van der Waals surface area contributed by atoms with E-state index in [2.05, 4.69) is 15.4 Å². The Morgan fingerprint density at radius 2 is 1.73 bits per heavy atom. The lowest BCUT2D eigenvalue weighted by molar-refractivity contribution is 0.451. The second-order valence-corrected chi connectivity index (χ2v) is 3.35. The summed E-state index contributed by atoms with van der Waals surface area (Å²) in [5.41, 5.74) is 0. The minimum absolute atomic E-state index is 0.0672. The molecule has 0 saturated heterocycles. The summed E-state index contributed by atoms with van der Waals surface area (Å²) in [6.45, 7) is 0. The van der Waals surface area contributed by atoms with E-state index in [4.69, 9.17) is 27.9 Å². The van der Waals surface area contributed by atoms with Crippen molar-refractivity contribution in [2.45, 2.75) is 0 Å². The molecule has 0 spiro atoms. The number of benzene rings is 1. The molecule has 4 nitrogen and oxygen atoms in total. The van der Waals surface area contributed by atoms with Crippen molar-refractivity contribution in [2.24, 2.45) is 0 Å². The third-order valence-corrected chi connectivity index (χ3v) is 2.30. The first-order chi connectivity index (χ1) is 7.27. The third kappa shape index (κ3) is 2.34. The van der Waals surface area contributed by atoms with Gasteiger partial charge in [-0.25, -0.2) is 0 Å². The van der Waals surface area contributed by atoms with Gasteiger partial charge in [0.15, 0.2) is 5.15 Å². The van der Waals surface area contributed by atoms with Crippen LogP contribution in [0.4, 0.5) is 0 Å². The first-order valence-electron chi connectivity index (χ1n) is 4.04. The van der Waals surface area contributed by atoms with E-state index in [-0.39, 0.29) is 16.1 Å². The topological polar surface area (TPSA) is 47.9 Å². The molecule has 0 fully saturated rings. The van der Waals surface area contributed by atoms with Gasteiger partial charge in [0, 0.05) is 0 Å². The van der Waals surface area contributed by atoms with Crippen molar-refractivity contribution in [2.75, 3.05) is 0 Å². The Bertz CT molecular complexity index is 464. The molecular weight excluding hydrogens is 237 g/mol. The minimum atomic E-state index is 0.0672. The monoisotopic (exact) mass is 241 g/mol. The standard InChI is InChI=1S/C9H5Cl2N3O/c10-7-8(11)12-14-13-9(7)15-6-4-2-1-3-5-6/h1-5H. The zero-order valence-corrected chi connectivity index (χ0v) is 8.90. The number of para-hydroxylation sites is 1. The first kappa shape index (κ1) is 10.1. The highest BCUT2D eigenvalue weighted by atomic mass is 35.5. The Morgan fingerprint density at radius 3 is 2.47 bits per heavy atom. The molecule has 1 aromatic carbocycles. The maximum absolute atomic E-state index is 5.82. The molecule has 0 unspecified atom stereocenters. The Kier molecular flexibility index (Phi) is 2.99. The molecule has 1 heterocycles. The fraction of sp³-hybridized carbons (Fsp3) is 0. The van der Waals surface area contributed by atoms with E-state index in [1.54, 1.807) is 12.1 Å². The molecule has 6 heteroatoms. The van der Waals surface area contributed by atoms with Crippen LogP contribution < -0.4 is 4.74 Å². The number of halogens is 2. The third-order valence-electron chi connectivity index (χ3n) is 1.59. The van der Waals surface area contributed by atoms with E-state index < -0.39 is 0 Å². The smallest absolute Gasteiger partial charge is 0.262 e. The molecule has 2 aromatic rings. The van der Waals surface area contributed by atoms with Crippen LogP contribution in [-0.4, -0.2) is 15.4 Å². The Balaban J connectivity index is 2.29. The van der Waals surface area contributed by atoms with Crippen LogP contribution in [0.25, 0.3) is 0 Å². The van der Waals surface area contributed by atoms with Crippen molar-refractivity contribution in [3.63, 3.8) is 0 Å². The molecule has 0 aliphatic carbocycles. The van der Waals surface area contributed by atoms with E-state index in [0.29, 0.717) is 5.75 Å². The zero-order chi connectivity index (χ0) is 10.7. The van der Waals surface area contributed by atoms with Crippen molar-refractivity contribution in [3.8, 4) is 11.6 Å². The maximum Gasteiger partial charge on any atom is 0.262 e. The predicted octanol–water partition coefficient (Wildman–Crippen LogP) is 2.97. The van der Waals surface area contributed by atoms with Crippen molar-refractivity contribution < 1.29 is 4.74 Å². The lowest BCUT2D eigenvalue weighted by Gasteiger charge is -2.04. The van der Waals surface area contributed by atoms with Crippen LogP contribution in [0, 0.1) is 0 Å². The zero-order valence-electron chi connectivity index (χ0n) is 7.39. The Hall–Kier alpha value is -1.39. The normalized spacial score (nSPS) is 10.0. The second kappa shape index (κ2) is 4.42. The van der Waals surface area contributed by atoms with Gasteiger partial charge in [-0.2, -0.15) is 0 Å². The molecule has 0 aliphatic rings. The second-order valence-electron chi connectivity index (χ2n) is 2.61. The largest absolute Gasteiger partial charge is 0.436 e. The van der Waals surface area contributed by atoms with E-state index in [0.717, 1.165) is 0 Å². The molecule has 0 N–H and O–H groups in total. The van der Waals surface area contributed by atoms with E-state index in [1.165, 1.54) is 0 Å². The van der Waals surface area contributed by atoms with Gasteiger partial charge in [0.2, 0.25) is 0 Å². The summed E-state index contributed by atoms with van der Waals surface area (Å²) in [6, 6.07) is 9.08. The number of hydrogen-bond acceptors (Lipinski definition) is 4. The number of aromatic nitrogens is 3. The highest BCUT2D eigenvalue weighted by Crippen LogP contribution is 2.29. The molecule has 2 rings (SSSR count). The molecule has 0 radical (unpaired) electrons. The molecule has 76 valence electrons. The molecule has 0 aliphatic heterocycles. The highest BCUT2D eigenvalue weighted by Gasteiger charge is 2.10. The van der Waals surface area contributed by atoms with Crippen molar-refractivity contribution in [3.05, 3.63) is 40.5 Å². The van der Waals surface area contributed by atoms with Gasteiger partial charge in [-0.1, -0.05) is 46.5 Å². The number of nitrogens with zero attached hydrogens (tertiary/aromatic N) is 3. The Morgan fingerprint density at radius 1 is 1.00 bits per heavy atom. The van der Waals surface area contributed by atoms with Gasteiger partial charge >= 0.3 is 0 Å². The average molecular weight is 242 g/mol. The number of hydrogen-bond donors (Lipinski definition) is 0. The van der Waals surface area contributed by atoms with Crippen LogP contribution in [0.2, 0.25) is 10.2 Å². The average Bonchev–Trinajstić information content (AvgIpc) is 2.26. The summed E-state index contributed by atoms with van der Waals surface area (Å²) >= 11 is 11.5. The van der Waals surface area contributed by atoms with Crippen LogP contribution in [-0.2, 0) is 0 Å². The summed E-state index contributed by atoms with van der Waals surface area (Å²) in [6.07, 6.45) is 0. The summed E-state index contributed by atoms with van der Waals surface area (Å²) < 4.78 is 5.36. The molecular formula is C9H5Cl2N3O. The van der Waals surface area contributed by atoms with Gasteiger partial charge in [-0.15, -0.1) is 5.10 Å². The molecule has 0 amide bonds. The van der Waals surface area contributed by atoms with Crippen LogP contribution >= 0.6 is 23.2 Å². The van der Waals surface area contributed by atoms with Crippen molar-refractivity contribution in [1.82, 2.24) is 15.4 Å². The van der Waals surface area contributed by atoms with Gasteiger partial charge in [0.25, 0.3) is 5.88 Å².